The number of hydrogen-bond acceptors (Lipinski definition) is 5. The predicted octanol–water partition coefficient (Wildman–Crippen LogP) is 0.481. The lowest BCUT2D eigenvalue weighted by Gasteiger charge is -2.27. The fraction of sp³-hybridized carbons (Fsp3) is 0.800. The molecule has 0 rings (SSSR count). The van der Waals surface area contributed by atoms with Gasteiger partial charge in [-0.3, -0.25) is 9.59 Å². The van der Waals surface area contributed by atoms with Crippen molar-refractivity contribution in [3.63, 3.8) is 0 Å². The van der Waals surface area contributed by atoms with E-state index in [4.69, 9.17) is 0 Å². The normalized spacial score (nSPS) is 14.1. The zero-order valence-electron chi connectivity index (χ0n) is 9.75. The minimum absolute atomic E-state index is 0.0951. The Balaban J connectivity index is 4.18. The Hall–Kier alpha value is -1.10. The highest BCUT2D eigenvalue weighted by Crippen LogP contribution is 2.14. The van der Waals surface area contributed by atoms with Gasteiger partial charge in [0, 0.05) is 5.54 Å². The zero-order valence-corrected chi connectivity index (χ0v) is 9.75. The monoisotopic (exact) mass is 217 g/mol. The fourth-order valence-corrected chi connectivity index (χ4v) is 1.06. The Morgan fingerprint density at radius 3 is 2.13 bits per heavy atom. The van der Waals surface area contributed by atoms with Gasteiger partial charge in [-0.2, -0.15) is 0 Å². The summed E-state index contributed by atoms with van der Waals surface area (Å²) < 4.78 is 9.09. The van der Waals surface area contributed by atoms with Crippen LogP contribution in [0.4, 0.5) is 0 Å². The molecule has 0 amide bonds. The number of carbonyl (C=O) groups is 2. The Bertz CT molecular complexity index is 229. The Morgan fingerprint density at radius 1 is 1.20 bits per heavy atom. The number of hydrogen-bond donors (Lipinski definition) is 1. The van der Waals surface area contributed by atoms with Gasteiger partial charge in [-0.1, -0.05) is 6.92 Å². The lowest BCUT2D eigenvalue weighted by molar-refractivity contribution is -0.144. The van der Waals surface area contributed by atoms with E-state index in [9.17, 15) is 9.59 Å². The Morgan fingerprint density at radius 2 is 1.73 bits per heavy atom. The number of esters is 2. The zero-order chi connectivity index (χ0) is 11.9. The van der Waals surface area contributed by atoms with Crippen molar-refractivity contribution in [1.82, 2.24) is 5.32 Å². The second-order valence-electron chi connectivity index (χ2n) is 3.60. The van der Waals surface area contributed by atoms with Gasteiger partial charge in [-0.15, -0.1) is 0 Å². The summed E-state index contributed by atoms with van der Waals surface area (Å²) in [6, 6.07) is 0. The third-order valence-electron chi connectivity index (χ3n) is 2.43. The SMILES string of the molecule is CC[C@](C)(CC(=O)OC)NCC(=O)OC. The van der Waals surface area contributed by atoms with Gasteiger partial charge in [-0.25, -0.2) is 0 Å². The lowest BCUT2D eigenvalue weighted by Crippen LogP contribution is -2.46. The van der Waals surface area contributed by atoms with E-state index in [1.54, 1.807) is 0 Å². The summed E-state index contributed by atoms with van der Waals surface area (Å²) in [6.45, 7) is 3.90. The summed E-state index contributed by atoms with van der Waals surface area (Å²) >= 11 is 0. The predicted molar refractivity (Wildman–Crippen MR) is 55.3 cm³/mol. The fourth-order valence-electron chi connectivity index (χ4n) is 1.06. The summed E-state index contributed by atoms with van der Waals surface area (Å²) in [4.78, 5) is 22.1. The van der Waals surface area contributed by atoms with Crippen LogP contribution in [0.15, 0.2) is 0 Å². The smallest absolute Gasteiger partial charge is 0.319 e. The highest BCUT2D eigenvalue weighted by Gasteiger charge is 2.26. The van der Waals surface area contributed by atoms with Gasteiger partial charge in [0.15, 0.2) is 0 Å². The van der Waals surface area contributed by atoms with E-state index < -0.39 is 5.54 Å². The average Bonchev–Trinajstić information content (AvgIpc) is 2.25. The molecule has 15 heavy (non-hydrogen) atoms. The van der Waals surface area contributed by atoms with E-state index in [2.05, 4.69) is 14.8 Å². The third-order valence-corrected chi connectivity index (χ3v) is 2.43. The summed E-state index contributed by atoms with van der Waals surface area (Å²) in [7, 11) is 2.67. The number of ether oxygens (including phenoxy) is 2. The Kier molecular flexibility index (Phi) is 5.93. The van der Waals surface area contributed by atoms with Crippen molar-refractivity contribution in [2.24, 2.45) is 0 Å². The van der Waals surface area contributed by atoms with Crippen molar-refractivity contribution < 1.29 is 19.1 Å². The third kappa shape index (κ3) is 5.37. The standard InChI is InChI=1S/C10H19NO4/c1-5-10(2,6-8(12)14-3)11-7-9(13)15-4/h11H,5-7H2,1-4H3/t10-/m1/s1. The van der Waals surface area contributed by atoms with E-state index in [1.807, 2.05) is 13.8 Å². The molecule has 0 bridgehead atoms. The van der Waals surface area contributed by atoms with Crippen LogP contribution in [0.2, 0.25) is 0 Å². The van der Waals surface area contributed by atoms with E-state index in [1.165, 1.54) is 14.2 Å². The quantitative estimate of drug-likeness (QED) is 0.656. The number of nitrogens with one attached hydrogen (secondary N) is 1. The lowest BCUT2D eigenvalue weighted by atomic mass is 9.94. The average molecular weight is 217 g/mol. The molecule has 88 valence electrons. The van der Waals surface area contributed by atoms with Gasteiger partial charge in [0.1, 0.15) is 0 Å². The first kappa shape index (κ1) is 13.9. The van der Waals surface area contributed by atoms with E-state index in [0.29, 0.717) is 0 Å². The maximum Gasteiger partial charge on any atom is 0.319 e. The van der Waals surface area contributed by atoms with E-state index in [-0.39, 0.29) is 24.9 Å². The maximum absolute atomic E-state index is 11.1. The van der Waals surface area contributed by atoms with Gasteiger partial charge in [-0.05, 0) is 13.3 Å². The van der Waals surface area contributed by atoms with Gasteiger partial charge in [0.2, 0.25) is 0 Å². The molecule has 0 radical (unpaired) electrons. The summed E-state index contributed by atoms with van der Waals surface area (Å²) in [5.74, 6) is -0.642. The number of rotatable bonds is 6. The minimum Gasteiger partial charge on any atom is -0.469 e. The Labute approximate surface area is 90.1 Å². The molecule has 0 saturated heterocycles. The van der Waals surface area contributed by atoms with Crippen LogP contribution in [0, 0.1) is 0 Å². The first-order valence-electron chi connectivity index (χ1n) is 4.86. The highest BCUT2D eigenvalue weighted by molar-refractivity contribution is 5.72. The second-order valence-corrected chi connectivity index (χ2v) is 3.60. The molecule has 0 spiro atoms. The molecule has 0 aliphatic heterocycles. The van der Waals surface area contributed by atoms with Crippen LogP contribution in [0.5, 0.6) is 0 Å². The molecular formula is C10H19NO4. The summed E-state index contributed by atoms with van der Waals surface area (Å²) in [6.07, 6.45) is 0.954. The van der Waals surface area contributed by atoms with Crippen molar-refractivity contribution in [1.29, 1.82) is 0 Å². The first-order valence-corrected chi connectivity index (χ1v) is 4.86. The van der Waals surface area contributed by atoms with E-state index >= 15 is 0 Å². The molecular weight excluding hydrogens is 198 g/mol. The molecule has 5 heteroatoms. The molecule has 0 aromatic carbocycles. The van der Waals surface area contributed by atoms with Crippen LogP contribution < -0.4 is 5.32 Å². The largest absolute Gasteiger partial charge is 0.469 e. The molecule has 0 aromatic rings. The molecule has 0 saturated carbocycles. The van der Waals surface area contributed by atoms with Crippen molar-refractivity contribution in [2.45, 2.75) is 32.2 Å². The molecule has 0 aromatic heterocycles. The van der Waals surface area contributed by atoms with Gasteiger partial charge in [0.05, 0.1) is 27.2 Å². The van der Waals surface area contributed by atoms with Crippen LogP contribution in [0.3, 0.4) is 0 Å². The number of methoxy groups -OCH3 is 2. The molecule has 0 aliphatic rings. The maximum atomic E-state index is 11.1. The van der Waals surface area contributed by atoms with E-state index in [0.717, 1.165) is 6.42 Å². The van der Waals surface area contributed by atoms with Crippen LogP contribution in [-0.4, -0.2) is 38.2 Å². The molecule has 1 atom stereocenters. The number of carbonyl (C=O) groups excluding carboxylic acids is 2. The topological polar surface area (TPSA) is 64.6 Å². The summed E-state index contributed by atoms with van der Waals surface area (Å²) in [5, 5.41) is 2.99. The van der Waals surface area contributed by atoms with Crippen molar-refractivity contribution in [2.75, 3.05) is 20.8 Å². The molecule has 0 fully saturated rings. The molecule has 5 nitrogen and oxygen atoms in total. The molecule has 0 unspecified atom stereocenters. The minimum atomic E-state index is -0.429. The van der Waals surface area contributed by atoms with Crippen LogP contribution in [0.25, 0.3) is 0 Å². The summed E-state index contributed by atoms with van der Waals surface area (Å²) in [5.41, 5.74) is -0.429. The van der Waals surface area contributed by atoms with Gasteiger partial charge >= 0.3 is 11.9 Å². The van der Waals surface area contributed by atoms with Crippen LogP contribution >= 0.6 is 0 Å². The van der Waals surface area contributed by atoms with Crippen molar-refractivity contribution in [3.05, 3.63) is 0 Å². The highest BCUT2D eigenvalue weighted by atomic mass is 16.5. The molecule has 0 heterocycles. The van der Waals surface area contributed by atoms with Crippen LogP contribution in [0.1, 0.15) is 26.7 Å². The first-order chi connectivity index (χ1) is 6.97. The molecule has 0 aliphatic carbocycles. The molecule has 1 N–H and O–H groups in total. The van der Waals surface area contributed by atoms with Crippen molar-refractivity contribution in [3.8, 4) is 0 Å². The second kappa shape index (κ2) is 6.40. The van der Waals surface area contributed by atoms with Gasteiger partial charge < -0.3 is 14.8 Å². The van der Waals surface area contributed by atoms with Crippen LogP contribution in [-0.2, 0) is 19.1 Å². The van der Waals surface area contributed by atoms with Crippen molar-refractivity contribution >= 4 is 11.9 Å². The van der Waals surface area contributed by atoms with Gasteiger partial charge in [0.25, 0.3) is 0 Å².